The fourth-order valence-corrected chi connectivity index (χ4v) is 2.99. The Morgan fingerprint density at radius 3 is 2.17 bits per heavy atom. The summed E-state index contributed by atoms with van der Waals surface area (Å²) in [6, 6.07) is 15.4. The molecule has 0 radical (unpaired) electrons. The summed E-state index contributed by atoms with van der Waals surface area (Å²) in [5, 5.41) is 8.21. The first-order chi connectivity index (χ1) is 11.5. The van der Waals surface area contributed by atoms with Crippen LogP contribution in [0.25, 0.3) is 11.5 Å². The molecule has 0 amide bonds. The molecular weight excluding hydrogens is 320 g/mol. The van der Waals surface area contributed by atoms with Crippen molar-refractivity contribution in [3.63, 3.8) is 0 Å². The third-order valence-corrected chi connectivity index (χ3v) is 4.62. The smallest absolute Gasteiger partial charge is 0.277 e. The molecule has 24 heavy (non-hydrogen) atoms. The number of carbonyl (C=O) groups is 1. The van der Waals surface area contributed by atoms with Gasteiger partial charge in [0, 0.05) is 11.1 Å². The zero-order valence-corrected chi connectivity index (χ0v) is 14.6. The van der Waals surface area contributed by atoms with E-state index in [2.05, 4.69) is 10.2 Å². The van der Waals surface area contributed by atoms with Crippen molar-refractivity contribution in [2.75, 3.05) is 0 Å². The number of carbonyl (C=O) groups excluding carboxylic acids is 1. The number of ketones is 1. The normalized spacial score (nSPS) is 12.1. The number of benzene rings is 2. The van der Waals surface area contributed by atoms with Crippen LogP contribution in [-0.4, -0.2) is 21.2 Å². The van der Waals surface area contributed by atoms with Gasteiger partial charge in [-0.05, 0) is 32.9 Å². The maximum atomic E-state index is 12.5. The van der Waals surface area contributed by atoms with E-state index in [1.807, 2.05) is 69.3 Å². The minimum absolute atomic E-state index is 0.0510. The molecule has 122 valence electrons. The molecule has 4 nitrogen and oxygen atoms in total. The van der Waals surface area contributed by atoms with Gasteiger partial charge in [-0.1, -0.05) is 59.3 Å². The summed E-state index contributed by atoms with van der Waals surface area (Å²) in [4.78, 5) is 12.5. The Hall–Kier alpha value is -2.40. The van der Waals surface area contributed by atoms with Gasteiger partial charge in [0.25, 0.3) is 5.22 Å². The molecule has 0 aliphatic rings. The van der Waals surface area contributed by atoms with Crippen LogP contribution >= 0.6 is 11.8 Å². The van der Waals surface area contributed by atoms with Crippen molar-refractivity contribution in [1.82, 2.24) is 10.2 Å². The molecule has 0 N–H and O–H groups in total. The van der Waals surface area contributed by atoms with Crippen LogP contribution in [0.3, 0.4) is 0 Å². The quantitative estimate of drug-likeness (QED) is 0.498. The van der Waals surface area contributed by atoms with Crippen molar-refractivity contribution in [3.05, 3.63) is 65.2 Å². The van der Waals surface area contributed by atoms with Crippen LogP contribution < -0.4 is 0 Å². The minimum Gasteiger partial charge on any atom is -0.411 e. The van der Waals surface area contributed by atoms with E-state index in [1.54, 1.807) is 0 Å². The lowest BCUT2D eigenvalue weighted by Gasteiger charge is -2.07. The van der Waals surface area contributed by atoms with Crippen molar-refractivity contribution >= 4 is 17.5 Å². The van der Waals surface area contributed by atoms with Gasteiger partial charge < -0.3 is 4.42 Å². The third kappa shape index (κ3) is 3.74. The van der Waals surface area contributed by atoms with Gasteiger partial charge in [-0.25, -0.2) is 0 Å². The van der Waals surface area contributed by atoms with Crippen LogP contribution in [0.5, 0.6) is 0 Å². The van der Waals surface area contributed by atoms with Gasteiger partial charge in [-0.2, -0.15) is 0 Å². The summed E-state index contributed by atoms with van der Waals surface area (Å²) in [6.45, 7) is 5.87. The highest BCUT2D eigenvalue weighted by Gasteiger charge is 2.20. The summed E-state index contributed by atoms with van der Waals surface area (Å²) in [5.41, 5.74) is 3.87. The number of Topliss-reactive ketones (excluding diaryl/α,β-unsaturated/α-hetero) is 1. The van der Waals surface area contributed by atoms with Crippen molar-refractivity contribution in [2.24, 2.45) is 0 Å². The molecule has 1 heterocycles. The molecule has 0 saturated heterocycles. The molecular formula is C19H18N2O2S. The number of rotatable bonds is 5. The average molecular weight is 338 g/mol. The Balaban J connectivity index is 1.70. The molecule has 3 aromatic rings. The fourth-order valence-electron chi connectivity index (χ4n) is 2.23. The molecule has 3 rings (SSSR count). The van der Waals surface area contributed by atoms with Crippen LogP contribution in [0.1, 0.15) is 28.4 Å². The first kappa shape index (κ1) is 16.5. The standard InChI is InChI=1S/C19H18N2O2S/c1-12-4-8-15(9-5-12)17(22)14(3)24-19-21-20-18(23-19)16-10-6-13(2)7-11-16/h4-11,14H,1-3H3/t14-/m1/s1. The molecule has 0 unspecified atom stereocenters. The van der Waals surface area contributed by atoms with E-state index in [0.717, 1.165) is 11.1 Å². The maximum absolute atomic E-state index is 12.5. The monoisotopic (exact) mass is 338 g/mol. The van der Waals surface area contributed by atoms with Gasteiger partial charge in [0.2, 0.25) is 5.89 Å². The zero-order valence-electron chi connectivity index (χ0n) is 13.8. The highest BCUT2D eigenvalue weighted by molar-refractivity contribution is 8.00. The van der Waals surface area contributed by atoms with Crippen molar-refractivity contribution in [2.45, 2.75) is 31.2 Å². The summed E-state index contributed by atoms with van der Waals surface area (Å²) < 4.78 is 5.67. The SMILES string of the molecule is Cc1ccc(C(=O)[C@@H](C)Sc2nnc(-c3ccc(C)cc3)o2)cc1. The number of hydrogen-bond donors (Lipinski definition) is 0. The Kier molecular flexibility index (Phi) is 4.81. The Labute approximate surface area is 145 Å². The van der Waals surface area contributed by atoms with Crippen LogP contribution in [0.15, 0.2) is 58.2 Å². The molecule has 0 fully saturated rings. The van der Waals surface area contributed by atoms with Crippen molar-refractivity contribution in [1.29, 1.82) is 0 Å². The summed E-state index contributed by atoms with van der Waals surface area (Å²) >= 11 is 1.28. The molecule has 0 aliphatic carbocycles. The second-order valence-electron chi connectivity index (χ2n) is 5.73. The molecule has 0 saturated carbocycles. The summed E-state index contributed by atoms with van der Waals surface area (Å²) in [6.07, 6.45) is 0. The van der Waals surface area contributed by atoms with Crippen LogP contribution in [0, 0.1) is 13.8 Å². The van der Waals surface area contributed by atoms with Crippen LogP contribution in [-0.2, 0) is 0 Å². The Morgan fingerprint density at radius 1 is 0.958 bits per heavy atom. The van der Waals surface area contributed by atoms with Gasteiger partial charge in [0.1, 0.15) is 0 Å². The lowest BCUT2D eigenvalue weighted by Crippen LogP contribution is -2.13. The lowest BCUT2D eigenvalue weighted by atomic mass is 10.1. The van der Waals surface area contributed by atoms with Crippen molar-refractivity contribution < 1.29 is 9.21 Å². The Morgan fingerprint density at radius 2 is 1.54 bits per heavy atom. The van der Waals surface area contributed by atoms with Gasteiger partial charge in [-0.3, -0.25) is 4.79 Å². The van der Waals surface area contributed by atoms with E-state index in [1.165, 1.54) is 17.3 Å². The van der Waals surface area contributed by atoms with Crippen LogP contribution in [0.4, 0.5) is 0 Å². The topological polar surface area (TPSA) is 56.0 Å². The second kappa shape index (κ2) is 7.01. The predicted molar refractivity (Wildman–Crippen MR) is 95.3 cm³/mol. The van der Waals surface area contributed by atoms with Gasteiger partial charge in [0.15, 0.2) is 5.78 Å². The van der Waals surface area contributed by atoms with E-state index < -0.39 is 0 Å². The van der Waals surface area contributed by atoms with E-state index in [9.17, 15) is 4.79 Å². The lowest BCUT2D eigenvalue weighted by molar-refractivity contribution is 0.0993. The first-order valence-corrected chi connectivity index (χ1v) is 8.59. The van der Waals surface area contributed by atoms with Crippen LogP contribution in [0.2, 0.25) is 0 Å². The molecule has 0 aliphatic heterocycles. The molecule has 1 aromatic heterocycles. The van der Waals surface area contributed by atoms with Gasteiger partial charge in [0.05, 0.1) is 5.25 Å². The number of aromatic nitrogens is 2. The van der Waals surface area contributed by atoms with E-state index in [0.29, 0.717) is 16.7 Å². The third-order valence-electron chi connectivity index (χ3n) is 3.69. The molecule has 1 atom stereocenters. The predicted octanol–water partition coefficient (Wildman–Crippen LogP) is 4.72. The van der Waals surface area contributed by atoms with E-state index >= 15 is 0 Å². The number of hydrogen-bond acceptors (Lipinski definition) is 5. The average Bonchev–Trinajstić information content (AvgIpc) is 3.04. The highest BCUT2D eigenvalue weighted by atomic mass is 32.2. The fraction of sp³-hybridized carbons (Fsp3) is 0.211. The minimum atomic E-state index is -0.293. The number of aryl methyl sites for hydroxylation is 2. The zero-order chi connectivity index (χ0) is 17.1. The second-order valence-corrected chi connectivity index (χ2v) is 7.02. The largest absolute Gasteiger partial charge is 0.411 e. The van der Waals surface area contributed by atoms with Gasteiger partial charge >= 0.3 is 0 Å². The summed E-state index contributed by atoms with van der Waals surface area (Å²) in [5.74, 6) is 0.516. The van der Waals surface area contributed by atoms with E-state index in [-0.39, 0.29) is 11.0 Å². The highest BCUT2D eigenvalue weighted by Crippen LogP contribution is 2.27. The molecule has 0 bridgehead atoms. The number of thioether (sulfide) groups is 1. The summed E-state index contributed by atoms with van der Waals surface area (Å²) in [7, 11) is 0. The van der Waals surface area contributed by atoms with Gasteiger partial charge in [-0.15, -0.1) is 10.2 Å². The first-order valence-electron chi connectivity index (χ1n) is 7.71. The maximum Gasteiger partial charge on any atom is 0.277 e. The van der Waals surface area contributed by atoms with Crippen molar-refractivity contribution in [3.8, 4) is 11.5 Å². The molecule has 5 heteroatoms. The molecule has 0 spiro atoms. The van der Waals surface area contributed by atoms with E-state index in [4.69, 9.17) is 4.42 Å². The number of nitrogens with zero attached hydrogens (tertiary/aromatic N) is 2. The molecule has 2 aromatic carbocycles. The Bertz CT molecular complexity index is 839.